The SMILES string of the molecule is CCCCCN(O)CCc1ccccc1. The summed E-state index contributed by atoms with van der Waals surface area (Å²) in [6, 6.07) is 10.3. The lowest BCUT2D eigenvalue weighted by molar-refractivity contribution is -0.0905. The number of hydroxylamine groups is 2. The summed E-state index contributed by atoms with van der Waals surface area (Å²) in [4.78, 5) is 0. The summed E-state index contributed by atoms with van der Waals surface area (Å²) in [6.07, 6.45) is 4.40. The molecule has 1 rings (SSSR count). The van der Waals surface area contributed by atoms with Crippen molar-refractivity contribution in [1.82, 2.24) is 5.06 Å². The normalized spacial score (nSPS) is 10.9. The van der Waals surface area contributed by atoms with E-state index in [4.69, 9.17) is 0 Å². The third kappa shape index (κ3) is 5.55. The highest BCUT2D eigenvalue weighted by Gasteiger charge is 2.00. The van der Waals surface area contributed by atoms with Gasteiger partial charge in [0.25, 0.3) is 0 Å². The molecule has 0 unspecified atom stereocenters. The molecule has 15 heavy (non-hydrogen) atoms. The molecule has 0 fully saturated rings. The Hall–Kier alpha value is -0.860. The van der Waals surface area contributed by atoms with Gasteiger partial charge in [0, 0.05) is 13.1 Å². The number of unbranched alkanes of at least 4 members (excludes halogenated alkanes) is 2. The van der Waals surface area contributed by atoms with Gasteiger partial charge in [-0.3, -0.25) is 0 Å². The highest BCUT2D eigenvalue weighted by Crippen LogP contribution is 2.01. The van der Waals surface area contributed by atoms with Crippen LogP contribution in [0.4, 0.5) is 0 Å². The smallest absolute Gasteiger partial charge is 0.0278 e. The second-order valence-corrected chi connectivity index (χ2v) is 3.90. The van der Waals surface area contributed by atoms with Gasteiger partial charge in [0.1, 0.15) is 0 Å². The van der Waals surface area contributed by atoms with E-state index in [0.717, 1.165) is 25.9 Å². The summed E-state index contributed by atoms with van der Waals surface area (Å²) in [6.45, 7) is 3.69. The topological polar surface area (TPSA) is 23.5 Å². The average molecular weight is 207 g/mol. The molecule has 0 aliphatic rings. The lowest BCUT2D eigenvalue weighted by atomic mass is 10.1. The average Bonchev–Trinajstić information content (AvgIpc) is 2.28. The zero-order chi connectivity index (χ0) is 10.9. The van der Waals surface area contributed by atoms with Gasteiger partial charge in [-0.15, -0.1) is 0 Å². The maximum atomic E-state index is 9.57. The van der Waals surface area contributed by atoms with Gasteiger partial charge in [-0.25, -0.2) is 0 Å². The molecule has 0 saturated heterocycles. The molecule has 0 amide bonds. The third-order valence-electron chi connectivity index (χ3n) is 2.52. The number of benzene rings is 1. The molecule has 2 heteroatoms. The van der Waals surface area contributed by atoms with Crippen molar-refractivity contribution in [3.63, 3.8) is 0 Å². The van der Waals surface area contributed by atoms with Crippen LogP contribution in [0.2, 0.25) is 0 Å². The molecule has 0 heterocycles. The molecule has 1 aromatic carbocycles. The Morgan fingerprint density at radius 2 is 1.80 bits per heavy atom. The van der Waals surface area contributed by atoms with Crippen molar-refractivity contribution in [3.8, 4) is 0 Å². The van der Waals surface area contributed by atoms with Gasteiger partial charge >= 0.3 is 0 Å². The first kappa shape index (κ1) is 12.2. The maximum absolute atomic E-state index is 9.57. The lowest BCUT2D eigenvalue weighted by Gasteiger charge is -2.14. The van der Waals surface area contributed by atoms with Crippen molar-refractivity contribution in [3.05, 3.63) is 35.9 Å². The van der Waals surface area contributed by atoms with Crippen LogP contribution in [0, 0.1) is 0 Å². The Morgan fingerprint density at radius 1 is 1.07 bits per heavy atom. The Balaban J connectivity index is 2.14. The Bertz CT molecular complexity index is 248. The molecule has 0 aromatic heterocycles. The molecule has 0 aliphatic heterocycles. The summed E-state index contributed by atoms with van der Waals surface area (Å²) < 4.78 is 0. The predicted octanol–water partition coefficient (Wildman–Crippen LogP) is 3.11. The van der Waals surface area contributed by atoms with Crippen LogP contribution < -0.4 is 0 Å². The fraction of sp³-hybridized carbons (Fsp3) is 0.538. The van der Waals surface area contributed by atoms with E-state index >= 15 is 0 Å². The van der Waals surface area contributed by atoms with Crippen molar-refractivity contribution >= 4 is 0 Å². The van der Waals surface area contributed by atoms with E-state index in [2.05, 4.69) is 19.1 Å². The van der Waals surface area contributed by atoms with Crippen LogP contribution in [0.1, 0.15) is 31.7 Å². The Morgan fingerprint density at radius 3 is 2.47 bits per heavy atom. The van der Waals surface area contributed by atoms with Crippen LogP contribution in [0.3, 0.4) is 0 Å². The van der Waals surface area contributed by atoms with Gasteiger partial charge < -0.3 is 5.21 Å². The van der Waals surface area contributed by atoms with Crippen molar-refractivity contribution in [1.29, 1.82) is 0 Å². The van der Waals surface area contributed by atoms with Gasteiger partial charge in [-0.1, -0.05) is 50.1 Å². The largest absolute Gasteiger partial charge is 0.314 e. The molecule has 0 atom stereocenters. The van der Waals surface area contributed by atoms with Crippen LogP contribution in [0.15, 0.2) is 30.3 Å². The van der Waals surface area contributed by atoms with Crippen molar-refractivity contribution in [2.45, 2.75) is 32.6 Å². The van der Waals surface area contributed by atoms with Gasteiger partial charge in [0.2, 0.25) is 0 Å². The van der Waals surface area contributed by atoms with Crippen LogP contribution in [0.25, 0.3) is 0 Å². The van der Waals surface area contributed by atoms with Crippen LogP contribution in [0.5, 0.6) is 0 Å². The van der Waals surface area contributed by atoms with E-state index in [0.29, 0.717) is 0 Å². The predicted molar refractivity (Wildman–Crippen MR) is 63.0 cm³/mol. The van der Waals surface area contributed by atoms with Gasteiger partial charge in [0.05, 0.1) is 0 Å². The Kier molecular flexibility index (Phi) is 6.05. The van der Waals surface area contributed by atoms with Gasteiger partial charge in [0.15, 0.2) is 0 Å². The number of hydrogen-bond donors (Lipinski definition) is 1. The molecule has 0 saturated carbocycles. The molecule has 2 nitrogen and oxygen atoms in total. The number of hydrogen-bond acceptors (Lipinski definition) is 2. The molecule has 0 radical (unpaired) electrons. The monoisotopic (exact) mass is 207 g/mol. The first-order chi connectivity index (χ1) is 7.33. The molecular formula is C13H21NO. The van der Waals surface area contributed by atoms with Crippen LogP contribution in [-0.4, -0.2) is 23.4 Å². The highest BCUT2D eigenvalue weighted by atomic mass is 16.5. The minimum atomic E-state index is 0.730. The maximum Gasteiger partial charge on any atom is 0.0278 e. The van der Waals surface area contributed by atoms with Gasteiger partial charge in [-0.2, -0.15) is 5.06 Å². The fourth-order valence-electron chi connectivity index (χ4n) is 1.56. The fourth-order valence-corrected chi connectivity index (χ4v) is 1.56. The molecule has 84 valence electrons. The van der Waals surface area contributed by atoms with Crippen molar-refractivity contribution < 1.29 is 5.21 Å². The van der Waals surface area contributed by atoms with E-state index in [9.17, 15) is 5.21 Å². The first-order valence-electron chi connectivity index (χ1n) is 5.80. The van der Waals surface area contributed by atoms with E-state index in [1.165, 1.54) is 23.5 Å². The van der Waals surface area contributed by atoms with Gasteiger partial charge in [-0.05, 0) is 18.4 Å². The molecule has 1 aromatic rings. The summed E-state index contributed by atoms with van der Waals surface area (Å²) in [5, 5.41) is 11.0. The standard InChI is InChI=1S/C13H21NO/c1-2-3-7-11-14(15)12-10-13-8-5-4-6-9-13/h4-6,8-9,15H,2-3,7,10-12H2,1H3. The molecule has 0 bridgehead atoms. The zero-order valence-electron chi connectivity index (χ0n) is 9.52. The minimum absolute atomic E-state index is 0.730. The van der Waals surface area contributed by atoms with E-state index in [1.807, 2.05) is 18.2 Å². The quantitative estimate of drug-likeness (QED) is 0.548. The second kappa shape index (κ2) is 7.43. The van der Waals surface area contributed by atoms with E-state index in [1.54, 1.807) is 0 Å². The molecular weight excluding hydrogens is 186 g/mol. The minimum Gasteiger partial charge on any atom is -0.314 e. The zero-order valence-corrected chi connectivity index (χ0v) is 9.52. The van der Waals surface area contributed by atoms with Crippen molar-refractivity contribution in [2.75, 3.05) is 13.1 Å². The summed E-state index contributed by atoms with van der Waals surface area (Å²) >= 11 is 0. The molecule has 0 spiro atoms. The van der Waals surface area contributed by atoms with E-state index in [-0.39, 0.29) is 0 Å². The highest BCUT2D eigenvalue weighted by molar-refractivity contribution is 5.14. The van der Waals surface area contributed by atoms with E-state index < -0.39 is 0 Å². The number of rotatable bonds is 7. The third-order valence-corrected chi connectivity index (χ3v) is 2.52. The summed E-state index contributed by atoms with van der Waals surface area (Å²) in [7, 11) is 0. The molecule has 0 aliphatic carbocycles. The summed E-state index contributed by atoms with van der Waals surface area (Å²) in [5.74, 6) is 0. The van der Waals surface area contributed by atoms with Crippen LogP contribution in [-0.2, 0) is 6.42 Å². The first-order valence-corrected chi connectivity index (χ1v) is 5.80. The molecule has 1 N–H and O–H groups in total. The Labute approximate surface area is 92.5 Å². The number of nitrogens with zero attached hydrogens (tertiary/aromatic N) is 1. The second-order valence-electron chi connectivity index (χ2n) is 3.90. The van der Waals surface area contributed by atoms with Crippen molar-refractivity contribution in [2.24, 2.45) is 0 Å². The van der Waals surface area contributed by atoms with Crippen LogP contribution >= 0.6 is 0 Å². The lowest BCUT2D eigenvalue weighted by Crippen LogP contribution is -2.23. The summed E-state index contributed by atoms with van der Waals surface area (Å²) in [5.41, 5.74) is 1.28.